The van der Waals surface area contributed by atoms with Crippen LogP contribution in [-0.2, 0) is 11.2 Å². The third-order valence-electron chi connectivity index (χ3n) is 4.35. The van der Waals surface area contributed by atoms with Gasteiger partial charge in [-0.15, -0.1) is 5.10 Å². The minimum absolute atomic E-state index is 0.179. The summed E-state index contributed by atoms with van der Waals surface area (Å²) in [5.74, 6) is -0.266. The molecule has 0 atom stereocenters. The lowest BCUT2D eigenvalue weighted by Gasteiger charge is -2.09. The van der Waals surface area contributed by atoms with E-state index in [2.05, 4.69) is 21.2 Å². The Morgan fingerprint density at radius 3 is 2.30 bits per heavy atom. The zero-order valence-electron chi connectivity index (χ0n) is 14.6. The second-order valence-corrected chi connectivity index (χ2v) is 7.08. The highest BCUT2D eigenvalue weighted by Gasteiger charge is 2.15. The molecule has 1 heterocycles. The summed E-state index contributed by atoms with van der Waals surface area (Å²) in [6.45, 7) is 1.96. The van der Waals surface area contributed by atoms with E-state index >= 15 is 0 Å². The van der Waals surface area contributed by atoms with Crippen molar-refractivity contribution in [2.24, 2.45) is 0 Å². The molecule has 27 heavy (non-hydrogen) atoms. The van der Waals surface area contributed by atoms with Crippen LogP contribution in [0.5, 0.6) is 0 Å². The predicted molar refractivity (Wildman–Crippen MR) is 109 cm³/mol. The van der Waals surface area contributed by atoms with E-state index < -0.39 is 5.97 Å². The Morgan fingerprint density at radius 1 is 1.11 bits per heavy atom. The molecule has 0 saturated carbocycles. The summed E-state index contributed by atoms with van der Waals surface area (Å²) in [6, 6.07) is 18.1. The number of aromatic amines is 1. The molecule has 5 nitrogen and oxygen atoms in total. The van der Waals surface area contributed by atoms with Crippen LogP contribution in [0.2, 0.25) is 0 Å². The van der Waals surface area contributed by atoms with Gasteiger partial charge in [0.05, 0.1) is 0 Å². The molecule has 0 bridgehead atoms. The van der Waals surface area contributed by atoms with Crippen molar-refractivity contribution < 1.29 is 9.90 Å². The van der Waals surface area contributed by atoms with E-state index in [1.54, 1.807) is 6.08 Å². The van der Waals surface area contributed by atoms with Gasteiger partial charge in [-0.3, -0.25) is 5.10 Å². The highest BCUT2D eigenvalue weighted by molar-refractivity contribution is 8.04. The van der Waals surface area contributed by atoms with Gasteiger partial charge in [0, 0.05) is 6.42 Å². The number of aliphatic carboxylic acids is 1. The topological polar surface area (TPSA) is 78.9 Å². The molecule has 0 amide bonds. The van der Waals surface area contributed by atoms with E-state index in [1.807, 2.05) is 55.5 Å². The fourth-order valence-electron chi connectivity index (χ4n) is 3.05. The van der Waals surface area contributed by atoms with Gasteiger partial charge in [-0.05, 0) is 51.0 Å². The van der Waals surface area contributed by atoms with Crippen molar-refractivity contribution in [2.45, 2.75) is 18.5 Å². The number of hydrogen-bond acceptors (Lipinski definition) is 4. The maximum atomic E-state index is 11.9. The van der Waals surface area contributed by atoms with Gasteiger partial charge in [0.15, 0.2) is 0 Å². The summed E-state index contributed by atoms with van der Waals surface area (Å²) >= 11 is 1.05. The fraction of sp³-hybridized carbons (Fsp3) is 0.0952. The van der Waals surface area contributed by atoms with Crippen molar-refractivity contribution >= 4 is 45.4 Å². The summed E-state index contributed by atoms with van der Waals surface area (Å²) in [6.07, 6.45) is 2.44. The van der Waals surface area contributed by atoms with Gasteiger partial charge in [-0.1, -0.05) is 55.5 Å². The number of carboxylic acid groups (broad SMARTS) is 1. The quantitative estimate of drug-likeness (QED) is 0.295. The molecule has 0 aliphatic heterocycles. The zero-order valence-corrected chi connectivity index (χ0v) is 15.5. The molecule has 2 N–H and O–H groups in total. The molecular formula is C21H17N3O2S. The van der Waals surface area contributed by atoms with Crippen molar-refractivity contribution in [3.8, 4) is 0 Å². The number of aryl methyl sites for hydroxylation is 1. The average Bonchev–Trinajstić information content (AvgIpc) is 3.14. The van der Waals surface area contributed by atoms with Crippen molar-refractivity contribution in [1.82, 2.24) is 15.2 Å². The second kappa shape index (κ2) is 7.25. The summed E-state index contributed by atoms with van der Waals surface area (Å²) in [5.41, 5.74) is 0.889. The molecule has 0 aliphatic rings. The zero-order chi connectivity index (χ0) is 18.8. The standard InChI is InChI=1S/C21H17N3O2S/c1-2-19-22-21(24-23-19)27-18(20(25)26)12-17-15-9-5-3-7-13(15)11-14-8-4-6-10-16(14)17/h3-12H,2H2,1H3,(H,25,26)(H,22,23,24)/b18-12-. The first-order chi connectivity index (χ1) is 13.2. The molecule has 6 heteroatoms. The van der Waals surface area contributed by atoms with E-state index in [0.29, 0.717) is 11.6 Å². The number of thioether (sulfide) groups is 1. The van der Waals surface area contributed by atoms with E-state index in [-0.39, 0.29) is 4.91 Å². The van der Waals surface area contributed by atoms with Crippen molar-refractivity contribution in [3.63, 3.8) is 0 Å². The lowest BCUT2D eigenvalue weighted by Crippen LogP contribution is -1.98. The maximum Gasteiger partial charge on any atom is 0.342 e. The van der Waals surface area contributed by atoms with Gasteiger partial charge in [0.2, 0.25) is 5.16 Å². The van der Waals surface area contributed by atoms with Gasteiger partial charge < -0.3 is 5.11 Å². The number of carboxylic acids is 1. The van der Waals surface area contributed by atoms with Gasteiger partial charge >= 0.3 is 5.97 Å². The van der Waals surface area contributed by atoms with Gasteiger partial charge in [-0.2, -0.15) is 0 Å². The number of H-pyrrole nitrogens is 1. The van der Waals surface area contributed by atoms with E-state index in [9.17, 15) is 9.90 Å². The van der Waals surface area contributed by atoms with Gasteiger partial charge in [0.1, 0.15) is 10.7 Å². The Balaban J connectivity index is 1.90. The van der Waals surface area contributed by atoms with E-state index in [1.165, 1.54) is 0 Å². The van der Waals surface area contributed by atoms with Crippen LogP contribution in [0.4, 0.5) is 0 Å². The molecule has 0 spiro atoms. The molecule has 0 fully saturated rings. The summed E-state index contributed by atoms with van der Waals surface area (Å²) in [5, 5.41) is 21.2. The van der Waals surface area contributed by atoms with Crippen molar-refractivity contribution in [3.05, 3.63) is 70.9 Å². The number of nitrogens with zero attached hydrogens (tertiary/aromatic N) is 2. The Labute approximate surface area is 160 Å². The Kier molecular flexibility index (Phi) is 4.64. The fourth-order valence-corrected chi connectivity index (χ4v) is 3.76. The molecule has 134 valence electrons. The highest BCUT2D eigenvalue weighted by atomic mass is 32.2. The van der Waals surface area contributed by atoms with Crippen molar-refractivity contribution in [1.29, 1.82) is 0 Å². The highest BCUT2D eigenvalue weighted by Crippen LogP contribution is 2.33. The minimum Gasteiger partial charge on any atom is -0.477 e. The Bertz CT molecular complexity index is 1130. The maximum absolute atomic E-state index is 11.9. The normalized spacial score (nSPS) is 12.0. The molecule has 0 unspecified atom stereocenters. The number of benzene rings is 3. The Hall–Kier alpha value is -3.12. The van der Waals surface area contributed by atoms with Crippen LogP contribution >= 0.6 is 11.8 Å². The SMILES string of the molecule is CCc1nc(S/C(=C\c2c3ccccc3cc3ccccc23)C(=O)O)n[nH]1. The third-order valence-corrected chi connectivity index (χ3v) is 5.22. The van der Waals surface area contributed by atoms with Crippen LogP contribution < -0.4 is 0 Å². The van der Waals surface area contributed by atoms with Crippen LogP contribution in [0.25, 0.3) is 27.6 Å². The molecule has 4 rings (SSSR count). The largest absolute Gasteiger partial charge is 0.477 e. The minimum atomic E-state index is -1.00. The summed E-state index contributed by atoms with van der Waals surface area (Å²) in [7, 11) is 0. The van der Waals surface area contributed by atoms with Crippen LogP contribution in [0, 0.1) is 0 Å². The number of carbonyl (C=O) groups is 1. The van der Waals surface area contributed by atoms with Crippen LogP contribution in [0.1, 0.15) is 18.3 Å². The summed E-state index contributed by atoms with van der Waals surface area (Å²) < 4.78 is 0. The Morgan fingerprint density at radius 2 is 1.74 bits per heavy atom. The van der Waals surface area contributed by atoms with Crippen LogP contribution in [0.15, 0.2) is 64.7 Å². The molecule has 3 aromatic carbocycles. The molecule has 1 aromatic heterocycles. The first-order valence-electron chi connectivity index (χ1n) is 8.60. The first-order valence-corrected chi connectivity index (χ1v) is 9.42. The molecule has 0 radical (unpaired) electrons. The lowest BCUT2D eigenvalue weighted by molar-refractivity contribution is -0.131. The first kappa shape index (κ1) is 17.3. The third kappa shape index (κ3) is 3.44. The smallest absolute Gasteiger partial charge is 0.342 e. The van der Waals surface area contributed by atoms with Gasteiger partial charge in [-0.25, -0.2) is 9.78 Å². The molecular weight excluding hydrogens is 358 g/mol. The number of nitrogens with one attached hydrogen (secondary N) is 1. The van der Waals surface area contributed by atoms with Crippen LogP contribution in [0.3, 0.4) is 0 Å². The number of hydrogen-bond donors (Lipinski definition) is 2. The number of rotatable bonds is 5. The van der Waals surface area contributed by atoms with Crippen LogP contribution in [-0.4, -0.2) is 26.3 Å². The monoisotopic (exact) mass is 375 g/mol. The molecule has 4 aromatic rings. The second-order valence-electron chi connectivity index (χ2n) is 6.07. The predicted octanol–water partition coefficient (Wildman–Crippen LogP) is 4.89. The molecule has 0 saturated heterocycles. The average molecular weight is 375 g/mol. The molecule has 0 aliphatic carbocycles. The van der Waals surface area contributed by atoms with E-state index in [4.69, 9.17) is 0 Å². The number of fused-ring (bicyclic) bond motifs is 2. The summed E-state index contributed by atoms with van der Waals surface area (Å²) in [4.78, 5) is 16.4. The number of aromatic nitrogens is 3. The van der Waals surface area contributed by atoms with Crippen molar-refractivity contribution in [2.75, 3.05) is 0 Å². The van der Waals surface area contributed by atoms with Gasteiger partial charge in [0.25, 0.3) is 0 Å². The lowest BCUT2D eigenvalue weighted by atomic mass is 9.96. The van der Waals surface area contributed by atoms with E-state index in [0.717, 1.165) is 44.7 Å².